The summed E-state index contributed by atoms with van der Waals surface area (Å²) in [6.07, 6.45) is 0.114. The fourth-order valence-electron chi connectivity index (χ4n) is 4.83. The SMILES string of the molecule is Cc1ccc(S(=O)(=O)N(CC(=O)N(Cc2c(Cl)cccc2Cl)C(Cc2ccccc2)C(=O)NCC(C)C)c2ccccc2F)cc1. The van der Waals surface area contributed by atoms with E-state index in [9.17, 15) is 18.0 Å². The van der Waals surface area contributed by atoms with Crippen molar-refractivity contribution in [3.63, 3.8) is 0 Å². The topological polar surface area (TPSA) is 86.8 Å². The van der Waals surface area contributed by atoms with Crippen molar-refractivity contribution in [2.45, 2.75) is 44.7 Å². The van der Waals surface area contributed by atoms with Crippen molar-refractivity contribution in [3.05, 3.63) is 130 Å². The molecular weight excluding hydrogens is 648 g/mol. The Morgan fingerprint density at radius 3 is 2.07 bits per heavy atom. The molecular formula is C35H36Cl2FN3O4S. The molecule has 4 aromatic carbocycles. The molecule has 0 aliphatic carbocycles. The average molecular weight is 685 g/mol. The predicted molar refractivity (Wildman–Crippen MR) is 181 cm³/mol. The third-order valence-electron chi connectivity index (χ3n) is 7.35. The maximum absolute atomic E-state index is 15.3. The van der Waals surface area contributed by atoms with Gasteiger partial charge in [0.1, 0.15) is 18.4 Å². The van der Waals surface area contributed by atoms with E-state index in [2.05, 4.69) is 5.32 Å². The first-order valence-electron chi connectivity index (χ1n) is 14.8. The number of carbonyl (C=O) groups is 2. The molecule has 4 rings (SSSR count). The number of sulfonamides is 1. The number of rotatable bonds is 13. The summed E-state index contributed by atoms with van der Waals surface area (Å²) in [5, 5.41) is 3.45. The van der Waals surface area contributed by atoms with Crippen LogP contribution < -0.4 is 9.62 Å². The lowest BCUT2D eigenvalue weighted by molar-refractivity contribution is -0.140. The monoisotopic (exact) mass is 683 g/mol. The Kier molecular flexibility index (Phi) is 11.8. The number of benzene rings is 4. The van der Waals surface area contributed by atoms with Crippen molar-refractivity contribution in [3.8, 4) is 0 Å². The number of nitrogens with one attached hydrogen (secondary N) is 1. The molecule has 7 nitrogen and oxygen atoms in total. The van der Waals surface area contributed by atoms with E-state index < -0.39 is 40.2 Å². The summed E-state index contributed by atoms with van der Waals surface area (Å²) in [6.45, 7) is 5.04. The van der Waals surface area contributed by atoms with Crippen molar-refractivity contribution < 1.29 is 22.4 Å². The summed E-state index contributed by atoms with van der Waals surface area (Å²) >= 11 is 13.1. The van der Waals surface area contributed by atoms with Crippen molar-refractivity contribution in [1.82, 2.24) is 10.2 Å². The van der Waals surface area contributed by atoms with Crippen LogP contribution in [0.3, 0.4) is 0 Å². The van der Waals surface area contributed by atoms with Gasteiger partial charge in [-0.25, -0.2) is 12.8 Å². The van der Waals surface area contributed by atoms with Crippen molar-refractivity contribution >= 4 is 50.7 Å². The van der Waals surface area contributed by atoms with Crippen LogP contribution in [-0.2, 0) is 32.6 Å². The molecule has 1 N–H and O–H groups in total. The van der Waals surface area contributed by atoms with Gasteiger partial charge in [0, 0.05) is 35.1 Å². The van der Waals surface area contributed by atoms with E-state index in [0.717, 1.165) is 21.5 Å². The van der Waals surface area contributed by atoms with Crippen LogP contribution >= 0.6 is 23.2 Å². The smallest absolute Gasteiger partial charge is 0.264 e. The van der Waals surface area contributed by atoms with Crippen LogP contribution in [0.5, 0.6) is 0 Å². The second-order valence-corrected chi connectivity index (χ2v) is 14.0. The molecule has 242 valence electrons. The zero-order valence-corrected chi connectivity index (χ0v) is 28.1. The van der Waals surface area contributed by atoms with Crippen LogP contribution in [0.4, 0.5) is 10.1 Å². The molecule has 4 aromatic rings. The van der Waals surface area contributed by atoms with Crippen LogP contribution in [0.15, 0.2) is 102 Å². The first-order chi connectivity index (χ1) is 21.9. The first kappa shape index (κ1) is 34.9. The minimum absolute atomic E-state index is 0.114. The Balaban J connectivity index is 1.84. The number of anilines is 1. The second-order valence-electron chi connectivity index (χ2n) is 11.3. The summed E-state index contributed by atoms with van der Waals surface area (Å²) in [6, 6.07) is 24.3. The molecule has 1 unspecified atom stereocenters. The summed E-state index contributed by atoms with van der Waals surface area (Å²) in [7, 11) is -4.44. The zero-order chi connectivity index (χ0) is 33.4. The van der Waals surface area contributed by atoms with E-state index in [1.807, 2.05) is 51.1 Å². The van der Waals surface area contributed by atoms with E-state index >= 15 is 4.39 Å². The van der Waals surface area contributed by atoms with E-state index in [0.29, 0.717) is 12.1 Å². The summed E-state index contributed by atoms with van der Waals surface area (Å²) in [4.78, 5) is 29.5. The number of hydrogen-bond donors (Lipinski definition) is 1. The molecule has 0 aliphatic heterocycles. The molecule has 1 atom stereocenters. The van der Waals surface area contributed by atoms with Crippen LogP contribution in [0, 0.1) is 18.7 Å². The quantitative estimate of drug-likeness (QED) is 0.164. The maximum atomic E-state index is 15.3. The number of hydrogen-bond acceptors (Lipinski definition) is 4. The molecule has 0 saturated heterocycles. The van der Waals surface area contributed by atoms with Gasteiger partial charge in [0.05, 0.1) is 10.6 Å². The van der Waals surface area contributed by atoms with Crippen LogP contribution in [0.2, 0.25) is 10.0 Å². The Morgan fingerprint density at radius 1 is 0.848 bits per heavy atom. The molecule has 0 spiro atoms. The molecule has 0 aromatic heterocycles. The average Bonchev–Trinajstić information content (AvgIpc) is 3.02. The number of para-hydroxylation sites is 1. The lowest BCUT2D eigenvalue weighted by Gasteiger charge is -2.34. The van der Waals surface area contributed by atoms with Gasteiger partial charge >= 0.3 is 0 Å². The molecule has 0 bridgehead atoms. The van der Waals surface area contributed by atoms with Gasteiger partial charge < -0.3 is 10.2 Å². The van der Waals surface area contributed by atoms with E-state index in [1.54, 1.807) is 30.3 Å². The van der Waals surface area contributed by atoms with Gasteiger partial charge in [-0.05, 0) is 54.8 Å². The Bertz CT molecular complexity index is 1750. The molecule has 0 fully saturated rings. The van der Waals surface area contributed by atoms with Crippen LogP contribution in [0.1, 0.15) is 30.5 Å². The molecule has 2 amide bonds. The fraction of sp³-hybridized carbons (Fsp3) is 0.257. The zero-order valence-electron chi connectivity index (χ0n) is 25.8. The number of carbonyl (C=O) groups excluding carboxylic acids is 2. The van der Waals surface area contributed by atoms with Gasteiger partial charge in [-0.15, -0.1) is 0 Å². The molecule has 46 heavy (non-hydrogen) atoms. The van der Waals surface area contributed by atoms with Gasteiger partial charge in [0.2, 0.25) is 11.8 Å². The van der Waals surface area contributed by atoms with E-state index in [-0.39, 0.29) is 39.5 Å². The number of nitrogens with zero attached hydrogens (tertiary/aromatic N) is 2. The van der Waals surface area contributed by atoms with E-state index in [4.69, 9.17) is 23.2 Å². The van der Waals surface area contributed by atoms with Gasteiger partial charge in [-0.1, -0.05) is 103 Å². The third kappa shape index (κ3) is 8.66. The Morgan fingerprint density at radius 2 is 1.46 bits per heavy atom. The predicted octanol–water partition coefficient (Wildman–Crippen LogP) is 7.05. The normalized spacial score (nSPS) is 12.1. The lowest BCUT2D eigenvalue weighted by Crippen LogP contribution is -2.54. The van der Waals surface area contributed by atoms with E-state index in [1.165, 1.54) is 35.2 Å². The number of aryl methyl sites for hydroxylation is 1. The van der Waals surface area contributed by atoms with Crippen molar-refractivity contribution in [2.24, 2.45) is 5.92 Å². The van der Waals surface area contributed by atoms with Crippen LogP contribution in [-0.4, -0.2) is 44.3 Å². The van der Waals surface area contributed by atoms with Gasteiger partial charge in [0.15, 0.2) is 0 Å². The standard InChI is InChI=1S/C35H36Cl2FN3O4S/c1-24(2)21-39-35(43)33(20-26-10-5-4-6-11-26)40(22-28-29(36)12-9-13-30(28)37)34(42)23-41(32-15-8-7-14-31(32)38)46(44,45)27-18-16-25(3)17-19-27/h4-19,24,33H,20-23H2,1-3H3,(H,39,43). The van der Waals surface area contributed by atoms with Gasteiger partial charge in [-0.2, -0.15) is 0 Å². The highest BCUT2D eigenvalue weighted by atomic mass is 35.5. The molecule has 0 radical (unpaired) electrons. The largest absolute Gasteiger partial charge is 0.354 e. The fourth-order valence-corrected chi connectivity index (χ4v) is 6.77. The highest BCUT2D eigenvalue weighted by Crippen LogP contribution is 2.30. The lowest BCUT2D eigenvalue weighted by atomic mass is 10.0. The molecule has 0 aliphatic rings. The second kappa shape index (κ2) is 15.6. The maximum Gasteiger partial charge on any atom is 0.264 e. The molecule has 11 heteroatoms. The van der Waals surface area contributed by atoms with Crippen molar-refractivity contribution in [1.29, 1.82) is 0 Å². The minimum Gasteiger partial charge on any atom is -0.354 e. The Labute approximate surface area is 280 Å². The summed E-state index contributed by atoms with van der Waals surface area (Å²) in [5.41, 5.74) is 1.67. The highest BCUT2D eigenvalue weighted by Gasteiger charge is 2.36. The van der Waals surface area contributed by atoms with Crippen LogP contribution in [0.25, 0.3) is 0 Å². The molecule has 0 saturated carbocycles. The minimum atomic E-state index is -4.44. The van der Waals surface area contributed by atoms with Crippen molar-refractivity contribution in [2.75, 3.05) is 17.4 Å². The summed E-state index contributed by atoms with van der Waals surface area (Å²) in [5.74, 6) is -1.90. The number of halogens is 3. The molecule has 0 heterocycles. The summed E-state index contributed by atoms with van der Waals surface area (Å²) < 4.78 is 44.1. The number of amides is 2. The third-order valence-corrected chi connectivity index (χ3v) is 9.84. The Hall–Kier alpha value is -3.92. The van der Waals surface area contributed by atoms with Gasteiger partial charge in [0.25, 0.3) is 10.0 Å². The van der Waals surface area contributed by atoms with Gasteiger partial charge in [-0.3, -0.25) is 13.9 Å². The first-order valence-corrected chi connectivity index (χ1v) is 17.0. The highest BCUT2D eigenvalue weighted by molar-refractivity contribution is 7.92.